The summed E-state index contributed by atoms with van der Waals surface area (Å²) in [5.41, 5.74) is 1.09. The molecule has 1 atom stereocenters. The zero-order valence-corrected chi connectivity index (χ0v) is 9.00. The smallest absolute Gasteiger partial charge is 0.337 e. The fourth-order valence-electron chi connectivity index (χ4n) is 1.53. The van der Waals surface area contributed by atoms with E-state index >= 15 is 0 Å². The zero-order chi connectivity index (χ0) is 12.8. The first-order valence-electron chi connectivity index (χ1n) is 5.02. The first-order valence-corrected chi connectivity index (χ1v) is 5.02. The molecule has 0 fully saturated rings. The summed E-state index contributed by atoms with van der Waals surface area (Å²) in [5, 5.41) is 18.2. The summed E-state index contributed by atoms with van der Waals surface area (Å²) in [7, 11) is 0. The highest BCUT2D eigenvalue weighted by Gasteiger charge is 2.19. The van der Waals surface area contributed by atoms with Gasteiger partial charge >= 0.3 is 5.97 Å². The van der Waals surface area contributed by atoms with Gasteiger partial charge in [0.1, 0.15) is 12.6 Å². The van der Waals surface area contributed by atoms with Crippen LogP contribution in [0, 0.1) is 0 Å². The van der Waals surface area contributed by atoms with Gasteiger partial charge in [0.25, 0.3) is 0 Å². The van der Waals surface area contributed by atoms with Gasteiger partial charge in [-0.1, -0.05) is 12.1 Å². The summed E-state index contributed by atoms with van der Waals surface area (Å²) in [4.78, 5) is 31.6. The number of carbonyl (C=O) groups excluding carboxylic acids is 2. The molecule has 5 nitrogen and oxygen atoms in total. The summed E-state index contributed by atoms with van der Waals surface area (Å²) in [6, 6.07) is 4.31. The Bertz CT molecular complexity index is 439. The highest BCUT2D eigenvalue weighted by Crippen LogP contribution is 2.20. The lowest BCUT2D eigenvalue weighted by Crippen LogP contribution is -2.13. The molecule has 0 aliphatic carbocycles. The van der Waals surface area contributed by atoms with Gasteiger partial charge in [-0.3, -0.25) is 4.79 Å². The Hall–Kier alpha value is -2.01. The number of rotatable bonds is 6. The van der Waals surface area contributed by atoms with Gasteiger partial charge in [0.15, 0.2) is 6.10 Å². The zero-order valence-electron chi connectivity index (χ0n) is 9.00. The number of hydrogen-bond donors (Lipinski definition) is 2. The average molecular weight is 236 g/mol. The van der Waals surface area contributed by atoms with Crippen molar-refractivity contribution in [2.24, 2.45) is 0 Å². The van der Waals surface area contributed by atoms with Gasteiger partial charge in [-0.15, -0.1) is 0 Å². The van der Waals surface area contributed by atoms with Crippen molar-refractivity contribution < 1.29 is 24.6 Å². The molecular weight excluding hydrogens is 224 g/mol. The molecule has 0 spiro atoms. The van der Waals surface area contributed by atoms with Crippen LogP contribution in [-0.2, 0) is 16.0 Å². The van der Waals surface area contributed by atoms with Gasteiger partial charge in [0.2, 0.25) is 0 Å². The summed E-state index contributed by atoms with van der Waals surface area (Å²) in [6.07, 6.45) is 0.190. The van der Waals surface area contributed by atoms with E-state index in [4.69, 9.17) is 5.11 Å². The van der Waals surface area contributed by atoms with Gasteiger partial charge in [-0.2, -0.15) is 0 Å². The lowest BCUT2D eigenvalue weighted by atomic mass is 9.96. The van der Waals surface area contributed by atoms with E-state index in [9.17, 15) is 19.5 Å². The molecule has 0 amide bonds. The second kappa shape index (κ2) is 5.91. The second-order valence-corrected chi connectivity index (χ2v) is 3.52. The Kier molecular flexibility index (Phi) is 4.54. The summed E-state index contributed by atoms with van der Waals surface area (Å²) >= 11 is 0. The molecule has 2 N–H and O–H groups in total. The van der Waals surface area contributed by atoms with Crippen LogP contribution in [0.5, 0.6) is 0 Å². The molecule has 17 heavy (non-hydrogen) atoms. The molecule has 0 aromatic heterocycles. The number of carboxylic acids is 1. The van der Waals surface area contributed by atoms with Crippen molar-refractivity contribution in [2.45, 2.75) is 18.9 Å². The van der Waals surface area contributed by atoms with E-state index in [1.54, 1.807) is 0 Å². The van der Waals surface area contributed by atoms with Crippen LogP contribution in [0.2, 0.25) is 0 Å². The topological polar surface area (TPSA) is 91.7 Å². The van der Waals surface area contributed by atoms with E-state index in [1.807, 2.05) is 0 Å². The van der Waals surface area contributed by atoms with Crippen molar-refractivity contribution in [3.05, 3.63) is 34.9 Å². The average Bonchev–Trinajstić information content (AvgIpc) is 2.34. The standard InChI is InChI=1S/C12H12O5/c13-5-1-2-9-6-8(7-14)3-4-10(9)11(15)12(16)17/h3-7,11,15H,1-2H2,(H,16,17). The van der Waals surface area contributed by atoms with E-state index in [0.29, 0.717) is 30.1 Å². The van der Waals surface area contributed by atoms with Gasteiger partial charge in [0.05, 0.1) is 0 Å². The van der Waals surface area contributed by atoms with Crippen LogP contribution >= 0.6 is 0 Å². The van der Waals surface area contributed by atoms with Crippen molar-refractivity contribution in [1.29, 1.82) is 0 Å². The predicted molar refractivity (Wildman–Crippen MR) is 58.8 cm³/mol. The molecular formula is C12H12O5. The summed E-state index contributed by atoms with van der Waals surface area (Å²) in [6.45, 7) is 0. The van der Waals surface area contributed by atoms with Gasteiger partial charge in [0, 0.05) is 12.0 Å². The molecule has 90 valence electrons. The molecule has 0 aliphatic rings. The first kappa shape index (κ1) is 13.1. The minimum absolute atomic E-state index is 0.210. The molecule has 0 saturated carbocycles. The van der Waals surface area contributed by atoms with E-state index in [2.05, 4.69) is 0 Å². The van der Waals surface area contributed by atoms with Crippen LogP contribution in [0.4, 0.5) is 0 Å². The monoisotopic (exact) mass is 236 g/mol. The number of carbonyl (C=O) groups is 3. The third kappa shape index (κ3) is 3.22. The molecule has 0 aliphatic heterocycles. The fourth-order valence-corrected chi connectivity index (χ4v) is 1.53. The lowest BCUT2D eigenvalue weighted by molar-refractivity contribution is -0.147. The fraction of sp³-hybridized carbons (Fsp3) is 0.250. The molecule has 1 unspecified atom stereocenters. The Balaban J connectivity index is 3.13. The van der Waals surface area contributed by atoms with Crippen LogP contribution in [-0.4, -0.2) is 28.8 Å². The van der Waals surface area contributed by atoms with Gasteiger partial charge in [-0.25, -0.2) is 4.79 Å². The largest absolute Gasteiger partial charge is 0.479 e. The lowest BCUT2D eigenvalue weighted by Gasteiger charge is -2.12. The molecule has 0 heterocycles. The number of carboxylic acid groups (broad SMARTS) is 1. The maximum atomic E-state index is 10.7. The maximum absolute atomic E-state index is 10.7. The van der Waals surface area contributed by atoms with E-state index < -0.39 is 12.1 Å². The van der Waals surface area contributed by atoms with Crippen LogP contribution in [0.25, 0.3) is 0 Å². The number of hydrogen-bond acceptors (Lipinski definition) is 4. The molecule has 0 bridgehead atoms. The molecule has 1 aromatic carbocycles. The number of aryl methyl sites for hydroxylation is 1. The number of aliphatic hydroxyl groups is 1. The minimum atomic E-state index is -1.64. The molecule has 0 radical (unpaired) electrons. The van der Waals surface area contributed by atoms with Crippen LogP contribution in [0.3, 0.4) is 0 Å². The Labute approximate surface area is 97.7 Å². The molecule has 1 rings (SSSR count). The number of benzene rings is 1. The van der Waals surface area contributed by atoms with E-state index in [-0.39, 0.29) is 12.0 Å². The molecule has 0 saturated heterocycles. The van der Waals surface area contributed by atoms with Gasteiger partial charge < -0.3 is 15.0 Å². The quantitative estimate of drug-likeness (QED) is 0.711. The Morgan fingerprint density at radius 3 is 2.59 bits per heavy atom. The van der Waals surface area contributed by atoms with Crippen molar-refractivity contribution in [3.8, 4) is 0 Å². The number of aliphatic carboxylic acids is 1. The summed E-state index contributed by atoms with van der Waals surface area (Å²) in [5.74, 6) is -1.36. The van der Waals surface area contributed by atoms with Crippen LogP contribution < -0.4 is 0 Å². The maximum Gasteiger partial charge on any atom is 0.337 e. The number of aldehydes is 2. The van der Waals surface area contributed by atoms with Gasteiger partial charge in [-0.05, 0) is 23.6 Å². The third-order valence-electron chi connectivity index (χ3n) is 2.36. The third-order valence-corrected chi connectivity index (χ3v) is 2.36. The Morgan fingerprint density at radius 1 is 1.35 bits per heavy atom. The minimum Gasteiger partial charge on any atom is -0.479 e. The van der Waals surface area contributed by atoms with E-state index in [0.717, 1.165) is 0 Å². The molecule has 1 aromatic rings. The number of aliphatic hydroxyl groups excluding tert-OH is 1. The highest BCUT2D eigenvalue weighted by molar-refractivity contribution is 5.78. The highest BCUT2D eigenvalue weighted by atomic mass is 16.4. The SMILES string of the molecule is O=CCCc1cc(C=O)ccc1C(O)C(=O)O. The Morgan fingerprint density at radius 2 is 2.06 bits per heavy atom. The van der Waals surface area contributed by atoms with Crippen LogP contribution in [0.15, 0.2) is 18.2 Å². The normalized spacial score (nSPS) is 11.8. The van der Waals surface area contributed by atoms with Crippen LogP contribution in [0.1, 0.15) is 34.0 Å². The second-order valence-electron chi connectivity index (χ2n) is 3.52. The summed E-state index contributed by atoms with van der Waals surface area (Å²) < 4.78 is 0. The van der Waals surface area contributed by atoms with Crippen molar-refractivity contribution in [3.63, 3.8) is 0 Å². The van der Waals surface area contributed by atoms with Crippen molar-refractivity contribution in [2.75, 3.05) is 0 Å². The first-order chi connectivity index (χ1) is 8.10. The van der Waals surface area contributed by atoms with E-state index in [1.165, 1.54) is 18.2 Å². The van der Waals surface area contributed by atoms with Crippen molar-refractivity contribution in [1.82, 2.24) is 0 Å². The molecule has 5 heteroatoms. The predicted octanol–water partition coefficient (Wildman–Crippen LogP) is 0.749. The van der Waals surface area contributed by atoms with Crippen molar-refractivity contribution >= 4 is 18.5 Å².